The average molecular weight is 429 g/mol. The number of ether oxygens (including phenoxy) is 3. The monoisotopic (exact) mass is 429 g/mol. The maximum atomic E-state index is 12.3. The number of urea groups is 1. The van der Waals surface area contributed by atoms with Crippen LogP contribution in [0.1, 0.15) is 23.0 Å². The summed E-state index contributed by atoms with van der Waals surface area (Å²) in [5, 5.41) is 6.84. The number of thiophene rings is 1. The molecule has 3 rings (SSSR count). The molecule has 3 amide bonds. The first kappa shape index (κ1) is 21.1. The maximum absolute atomic E-state index is 12.3. The number of nitrogens with zero attached hydrogens (tertiary/aromatic N) is 1. The molecule has 2 aromatic heterocycles. The fraction of sp³-hybridized carbons (Fsp3) is 0.200. The molecule has 3 aromatic rings. The molecule has 0 aliphatic heterocycles. The Bertz CT molecular complexity index is 1070. The summed E-state index contributed by atoms with van der Waals surface area (Å²) in [6, 6.07) is 10.4. The van der Waals surface area contributed by atoms with Gasteiger partial charge in [-0.1, -0.05) is 30.3 Å². The van der Waals surface area contributed by atoms with Gasteiger partial charge in [0.25, 0.3) is 0 Å². The minimum atomic E-state index is -0.895. The predicted octanol–water partition coefficient (Wildman–Crippen LogP) is 3.94. The Balaban J connectivity index is 1.94. The van der Waals surface area contributed by atoms with Crippen LogP contribution in [0, 0.1) is 0 Å². The molecule has 0 bridgehead atoms. The van der Waals surface area contributed by atoms with Gasteiger partial charge in [0.1, 0.15) is 6.61 Å². The smallest absolute Gasteiger partial charge is 0.415 e. The zero-order chi connectivity index (χ0) is 21.5. The molecule has 10 heteroatoms. The third kappa shape index (κ3) is 4.84. The Kier molecular flexibility index (Phi) is 6.81. The number of amides is 3. The Morgan fingerprint density at radius 2 is 1.90 bits per heavy atom. The number of anilines is 1. The van der Waals surface area contributed by atoms with Gasteiger partial charge >= 0.3 is 18.1 Å². The molecule has 9 nitrogen and oxygen atoms in total. The molecule has 0 radical (unpaired) electrons. The fourth-order valence-electron chi connectivity index (χ4n) is 2.61. The standard InChI is InChI=1S/C20H19N3O6S/c1-3-28-20(26)23-19(25)22-17-16-13(9-10-30-16)15(14(21-17)18(24)27-2)29-11-12-7-5-4-6-8-12/h4-10H,3,11H2,1-2H3,(H2,21,22,23,25,26). The molecule has 156 valence electrons. The summed E-state index contributed by atoms with van der Waals surface area (Å²) in [6.07, 6.45) is -0.895. The van der Waals surface area contributed by atoms with Gasteiger partial charge in [0.2, 0.25) is 0 Å². The van der Waals surface area contributed by atoms with E-state index in [1.807, 2.05) is 35.6 Å². The summed E-state index contributed by atoms with van der Waals surface area (Å²) >= 11 is 1.30. The van der Waals surface area contributed by atoms with E-state index in [9.17, 15) is 14.4 Å². The molecule has 2 N–H and O–H groups in total. The lowest BCUT2D eigenvalue weighted by Crippen LogP contribution is -2.35. The SMILES string of the molecule is CCOC(=O)NC(=O)Nc1nc(C(=O)OC)c(OCc2ccccc2)c2ccsc12. The van der Waals surface area contributed by atoms with Crippen molar-refractivity contribution < 1.29 is 28.6 Å². The summed E-state index contributed by atoms with van der Waals surface area (Å²) in [5.41, 5.74) is 0.818. The molecule has 0 atom stereocenters. The van der Waals surface area contributed by atoms with Crippen molar-refractivity contribution >= 4 is 45.3 Å². The number of pyridine rings is 1. The number of methoxy groups -OCH3 is 1. The van der Waals surface area contributed by atoms with Gasteiger partial charge in [-0.2, -0.15) is 0 Å². The van der Waals surface area contributed by atoms with Gasteiger partial charge in [0.15, 0.2) is 17.3 Å². The van der Waals surface area contributed by atoms with Crippen LogP contribution in [0.3, 0.4) is 0 Å². The van der Waals surface area contributed by atoms with Crippen LogP contribution >= 0.6 is 11.3 Å². The summed E-state index contributed by atoms with van der Waals surface area (Å²) in [7, 11) is 1.23. The van der Waals surface area contributed by atoms with Crippen LogP contribution in [0.2, 0.25) is 0 Å². The number of carbonyl (C=O) groups is 3. The number of hydrogen-bond donors (Lipinski definition) is 2. The van der Waals surface area contributed by atoms with E-state index in [-0.39, 0.29) is 30.5 Å². The molecule has 0 saturated carbocycles. The number of imide groups is 1. The average Bonchev–Trinajstić information content (AvgIpc) is 3.23. The van der Waals surface area contributed by atoms with E-state index in [1.54, 1.807) is 18.4 Å². The number of carbonyl (C=O) groups excluding carboxylic acids is 3. The second kappa shape index (κ2) is 9.70. The Labute approximate surface area is 176 Å². The van der Waals surface area contributed by atoms with Crippen LogP contribution in [0.4, 0.5) is 15.4 Å². The first-order chi connectivity index (χ1) is 14.5. The Hall–Kier alpha value is -3.66. The zero-order valence-corrected chi connectivity index (χ0v) is 17.1. The lowest BCUT2D eigenvalue weighted by atomic mass is 10.2. The molecule has 0 unspecified atom stereocenters. The van der Waals surface area contributed by atoms with Crippen LogP contribution in [-0.4, -0.2) is 36.8 Å². The van der Waals surface area contributed by atoms with E-state index in [4.69, 9.17) is 9.47 Å². The van der Waals surface area contributed by atoms with Crippen LogP contribution in [0.5, 0.6) is 5.75 Å². The number of rotatable bonds is 6. The lowest BCUT2D eigenvalue weighted by Gasteiger charge is -2.14. The second-order valence-corrected chi connectivity index (χ2v) is 6.78. The van der Waals surface area contributed by atoms with Crippen LogP contribution < -0.4 is 15.4 Å². The molecule has 2 heterocycles. The van der Waals surface area contributed by atoms with Gasteiger partial charge in [0.05, 0.1) is 18.4 Å². The number of aromatic nitrogens is 1. The minimum Gasteiger partial charge on any atom is -0.486 e. The van der Waals surface area contributed by atoms with Gasteiger partial charge in [-0.3, -0.25) is 5.32 Å². The molecule has 0 saturated heterocycles. The molecule has 0 spiro atoms. The van der Waals surface area contributed by atoms with Gasteiger partial charge < -0.3 is 14.2 Å². The highest BCUT2D eigenvalue weighted by molar-refractivity contribution is 7.17. The summed E-state index contributed by atoms with van der Waals surface area (Å²) in [5.74, 6) is -0.382. The van der Waals surface area contributed by atoms with Crippen molar-refractivity contribution in [3.63, 3.8) is 0 Å². The molecule has 0 aliphatic rings. The summed E-state index contributed by atoms with van der Waals surface area (Å²) < 4.78 is 16.0. The maximum Gasteiger partial charge on any atom is 0.415 e. The largest absolute Gasteiger partial charge is 0.486 e. The van der Waals surface area contributed by atoms with E-state index in [1.165, 1.54) is 18.4 Å². The molecule has 0 aliphatic carbocycles. The molecule has 1 aromatic carbocycles. The Morgan fingerprint density at radius 1 is 1.13 bits per heavy atom. The van der Waals surface area contributed by atoms with Crippen molar-refractivity contribution in [2.75, 3.05) is 19.0 Å². The van der Waals surface area contributed by atoms with Crippen molar-refractivity contribution in [1.29, 1.82) is 0 Å². The van der Waals surface area contributed by atoms with Gasteiger partial charge in [-0.05, 0) is 23.9 Å². The Morgan fingerprint density at radius 3 is 2.60 bits per heavy atom. The van der Waals surface area contributed by atoms with Crippen molar-refractivity contribution in [2.24, 2.45) is 0 Å². The van der Waals surface area contributed by atoms with E-state index >= 15 is 0 Å². The van der Waals surface area contributed by atoms with Crippen molar-refractivity contribution in [2.45, 2.75) is 13.5 Å². The quantitative estimate of drug-likeness (QED) is 0.570. The fourth-order valence-corrected chi connectivity index (χ4v) is 3.44. The van der Waals surface area contributed by atoms with E-state index in [2.05, 4.69) is 15.0 Å². The van der Waals surface area contributed by atoms with Gasteiger partial charge in [-0.15, -0.1) is 11.3 Å². The third-order valence-corrected chi connectivity index (χ3v) is 4.81. The molecular weight excluding hydrogens is 410 g/mol. The highest BCUT2D eigenvalue weighted by Crippen LogP contribution is 2.37. The molecular formula is C20H19N3O6S. The third-order valence-electron chi connectivity index (χ3n) is 3.89. The minimum absolute atomic E-state index is 0.0919. The van der Waals surface area contributed by atoms with Crippen LogP contribution in [-0.2, 0) is 16.1 Å². The van der Waals surface area contributed by atoms with E-state index in [0.717, 1.165) is 5.56 Å². The van der Waals surface area contributed by atoms with Gasteiger partial charge in [-0.25, -0.2) is 24.7 Å². The number of hydrogen-bond acceptors (Lipinski definition) is 8. The first-order valence-electron chi connectivity index (χ1n) is 8.94. The highest BCUT2D eigenvalue weighted by atomic mass is 32.1. The van der Waals surface area contributed by atoms with Crippen LogP contribution in [0.25, 0.3) is 10.1 Å². The van der Waals surface area contributed by atoms with Crippen molar-refractivity contribution in [3.05, 3.63) is 53.0 Å². The second-order valence-electron chi connectivity index (χ2n) is 5.87. The number of benzene rings is 1. The predicted molar refractivity (Wildman–Crippen MR) is 111 cm³/mol. The zero-order valence-electron chi connectivity index (χ0n) is 16.3. The van der Waals surface area contributed by atoms with Crippen LogP contribution in [0.15, 0.2) is 41.8 Å². The van der Waals surface area contributed by atoms with Crippen molar-refractivity contribution in [1.82, 2.24) is 10.3 Å². The van der Waals surface area contributed by atoms with E-state index < -0.39 is 18.1 Å². The van der Waals surface area contributed by atoms with Gasteiger partial charge in [0, 0.05) is 5.39 Å². The lowest BCUT2D eigenvalue weighted by molar-refractivity contribution is 0.0588. The topological polar surface area (TPSA) is 116 Å². The normalized spacial score (nSPS) is 10.3. The molecule has 30 heavy (non-hydrogen) atoms. The first-order valence-corrected chi connectivity index (χ1v) is 9.82. The number of alkyl carbamates (subject to hydrolysis) is 1. The molecule has 0 fully saturated rings. The van der Waals surface area contributed by atoms with Crippen molar-refractivity contribution in [3.8, 4) is 5.75 Å². The summed E-state index contributed by atoms with van der Waals surface area (Å²) in [4.78, 5) is 40.1. The highest BCUT2D eigenvalue weighted by Gasteiger charge is 2.23. The number of fused-ring (bicyclic) bond motifs is 1. The summed E-state index contributed by atoms with van der Waals surface area (Å²) in [6.45, 7) is 1.95. The number of nitrogens with one attached hydrogen (secondary N) is 2. The number of esters is 1. The van der Waals surface area contributed by atoms with E-state index in [0.29, 0.717) is 10.1 Å².